The number of nitrogens with one attached hydrogen (secondary N) is 1. The maximum Gasteiger partial charge on any atom is 0.178 e. The van der Waals surface area contributed by atoms with E-state index in [1.165, 1.54) is 25.3 Å². The highest BCUT2D eigenvalue weighted by molar-refractivity contribution is 7.90. The maximum absolute atomic E-state index is 11.5. The summed E-state index contributed by atoms with van der Waals surface area (Å²) < 4.78 is 24.8. The van der Waals surface area contributed by atoms with Gasteiger partial charge in [-0.25, -0.2) is 8.42 Å². The summed E-state index contributed by atoms with van der Waals surface area (Å²) in [6.45, 7) is 3.03. The normalized spacial score (nSPS) is 25.2. The van der Waals surface area contributed by atoms with Gasteiger partial charge in [-0.1, -0.05) is 19.8 Å². The van der Waals surface area contributed by atoms with Crippen molar-refractivity contribution in [2.75, 3.05) is 12.8 Å². The Morgan fingerprint density at radius 3 is 2.78 bits per heavy atom. The molecule has 0 saturated heterocycles. The van der Waals surface area contributed by atoms with Crippen LogP contribution in [0.25, 0.3) is 0 Å². The van der Waals surface area contributed by atoms with Crippen LogP contribution in [-0.4, -0.2) is 37.0 Å². The fraction of sp³-hybridized carbons (Fsp3) is 0.750. The first kappa shape index (κ1) is 13.5. The molecule has 1 aromatic heterocycles. The van der Waals surface area contributed by atoms with Crippen molar-refractivity contribution in [3.8, 4) is 0 Å². The predicted molar refractivity (Wildman–Crippen MR) is 70.3 cm³/mol. The fourth-order valence-corrected chi connectivity index (χ4v) is 3.16. The molecule has 102 valence electrons. The van der Waals surface area contributed by atoms with Gasteiger partial charge < -0.3 is 5.32 Å². The van der Waals surface area contributed by atoms with Crippen molar-refractivity contribution >= 4 is 9.84 Å². The lowest BCUT2D eigenvalue weighted by molar-refractivity contribution is 0.249. The van der Waals surface area contributed by atoms with E-state index in [-0.39, 0.29) is 6.04 Å². The van der Waals surface area contributed by atoms with Gasteiger partial charge in [0, 0.05) is 18.5 Å². The van der Waals surface area contributed by atoms with E-state index in [2.05, 4.69) is 17.3 Å². The molecule has 0 spiro atoms. The van der Waals surface area contributed by atoms with Gasteiger partial charge in [0.1, 0.15) is 4.90 Å². The second kappa shape index (κ2) is 5.40. The third-order valence-corrected chi connectivity index (χ3v) is 4.61. The smallest absolute Gasteiger partial charge is 0.178 e. The Balaban J connectivity index is 2.21. The van der Waals surface area contributed by atoms with Gasteiger partial charge >= 0.3 is 0 Å². The van der Waals surface area contributed by atoms with Crippen molar-refractivity contribution in [2.24, 2.45) is 0 Å². The van der Waals surface area contributed by atoms with Crippen LogP contribution in [0.1, 0.15) is 38.6 Å². The van der Waals surface area contributed by atoms with Gasteiger partial charge in [-0.2, -0.15) is 5.10 Å². The van der Waals surface area contributed by atoms with Gasteiger partial charge in [-0.15, -0.1) is 0 Å². The van der Waals surface area contributed by atoms with Crippen LogP contribution in [0.4, 0.5) is 0 Å². The number of aromatic nitrogens is 2. The first-order valence-corrected chi connectivity index (χ1v) is 8.39. The van der Waals surface area contributed by atoms with Crippen LogP contribution in [0, 0.1) is 0 Å². The first-order chi connectivity index (χ1) is 8.52. The monoisotopic (exact) mass is 271 g/mol. The molecule has 18 heavy (non-hydrogen) atoms. The quantitative estimate of drug-likeness (QED) is 0.898. The molecule has 0 aliphatic heterocycles. The van der Waals surface area contributed by atoms with E-state index in [1.54, 1.807) is 6.20 Å². The van der Waals surface area contributed by atoms with E-state index >= 15 is 0 Å². The summed E-state index contributed by atoms with van der Waals surface area (Å²) in [6, 6.07) is 0.672. The van der Waals surface area contributed by atoms with Gasteiger partial charge in [0.25, 0.3) is 0 Å². The zero-order valence-electron chi connectivity index (χ0n) is 11.0. The molecule has 2 atom stereocenters. The molecule has 1 N–H and O–H groups in total. The van der Waals surface area contributed by atoms with Gasteiger partial charge in [0.2, 0.25) is 0 Å². The Kier molecular flexibility index (Phi) is 4.07. The first-order valence-electron chi connectivity index (χ1n) is 6.50. The van der Waals surface area contributed by atoms with Crippen LogP contribution >= 0.6 is 0 Å². The minimum absolute atomic E-state index is 0.272. The van der Waals surface area contributed by atoms with Crippen molar-refractivity contribution in [1.29, 1.82) is 0 Å². The molecule has 2 rings (SSSR count). The second-order valence-electron chi connectivity index (χ2n) is 4.94. The van der Waals surface area contributed by atoms with Crippen molar-refractivity contribution in [3.05, 3.63) is 12.4 Å². The lowest BCUT2D eigenvalue weighted by Crippen LogP contribution is -2.39. The Labute approximate surface area is 108 Å². The van der Waals surface area contributed by atoms with Gasteiger partial charge in [-0.3, -0.25) is 4.68 Å². The molecule has 1 fully saturated rings. The zero-order valence-corrected chi connectivity index (χ0v) is 11.8. The number of rotatable bonds is 4. The molecule has 1 aliphatic carbocycles. The molecule has 0 bridgehead atoms. The summed E-state index contributed by atoms with van der Waals surface area (Å²) in [6.07, 6.45) is 8.93. The summed E-state index contributed by atoms with van der Waals surface area (Å²) in [5.74, 6) is 0. The highest BCUT2D eigenvalue weighted by Gasteiger charge is 2.27. The highest BCUT2D eigenvalue weighted by Crippen LogP contribution is 2.28. The van der Waals surface area contributed by atoms with Crippen molar-refractivity contribution in [2.45, 2.75) is 49.6 Å². The lowest BCUT2D eigenvalue weighted by Gasteiger charge is -2.32. The topological polar surface area (TPSA) is 64.0 Å². The number of hydrogen-bond acceptors (Lipinski definition) is 4. The summed E-state index contributed by atoms with van der Waals surface area (Å²) in [4.78, 5) is 0.309. The van der Waals surface area contributed by atoms with Gasteiger partial charge in [0.05, 0.1) is 12.2 Å². The molecule has 0 amide bonds. The van der Waals surface area contributed by atoms with Crippen LogP contribution in [-0.2, 0) is 9.84 Å². The molecular weight excluding hydrogens is 250 g/mol. The standard InChI is InChI=1S/C12H21N3O2S/c1-3-13-11-6-4-5-7-12(11)15-9-10(8-14-15)18(2,16)17/h8-9,11-13H,3-7H2,1-2H3. The third kappa shape index (κ3) is 2.92. The lowest BCUT2D eigenvalue weighted by atomic mass is 9.90. The van der Waals surface area contributed by atoms with Crippen LogP contribution in [0.15, 0.2) is 17.3 Å². The molecule has 5 nitrogen and oxygen atoms in total. The average molecular weight is 271 g/mol. The Morgan fingerprint density at radius 1 is 1.44 bits per heavy atom. The maximum atomic E-state index is 11.5. The Hall–Kier alpha value is -0.880. The molecule has 1 saturated carbocycles. The van der Waals surface area contributed by atoms with E-state index in [4.69, 9.17) is 0 Å². The summed E-state index contributed by atoms with van der Waals surface area (Å²) in [5.41, 5.74) is 0. The summed E-state index contributed by atoms with van der Waals surface area (Å²) in [5, 5.41) is 7.71. The minimum Gasteiger partial charge on any atom is -0.312 e. The molecule has 2 unspecified atom stereocenters. The molecule has 1 aromatic rings. The number of nitrogens with zero attached hydrogens (tertiary/aromatic N) is 2. The molecular formula is C12H21N3O2S. The third-order valence-electron chi connectivity index (χ3n) is 3.54. The summed E-state index contributed by atoms with van der Waals surface area (Å²) >= 11 is 0. The van der Waals surface area contributed by atoms with E-state index in [0.29, 0.717) is 10.9 Å². The number of sulfone groups is 1. The molecule has 0 aromatic carbocycles. The largest absolute Gasteiger partial charge is 0.312 e. The summed E-state index contributed by atoms with van der Waals surface area (Å²) in [7, 11) is -3.15. The fourth-order valence-electron chi connectivity index (χ4n) is 2.62. The minimum atomic E-state index is -3.15. The van der Waals surface area contributed by atoms with Gasteiger partial charge in [0.15, 0.2) is 9.84 Å². The van der Waals surface area contributed by atoms with Crippen molar-refractivity contribution in [1.82, 2.24) is 15.1 Å². The van der Waals surface area contributed by atoms with E-state index < -0.39 is 9.84 Å². The van der Waals surface area contributed by atoms with Crippen LogP contribution in [0.2, 0.25) is 0 Å². The SMILES string of the molecule is CCNC1CCCCC1n1cc(S(C)(=O)=O)cn1. The highest BCUT2D eigenvalue weighted by atomic mass is 32.2. The van der Waals surface area contributed by atoms with Gasteiger partial charge in [-0.05, 0) is 19.4 Å². The van der Waals surface area contributed by atoms with Crippen molar-refractivity contribution < 1.29 is 8.42 Å². The van der Waals surface area contributed by atoms with Crippen LogP contribution < -0.4 is 5.32 Å². The zero-order chi connectivity index (χ0) is 13.2. The molecule has 0 radical (unpaired) electrons. The number of likely N-dealkylation sites (N-methyl/N-ethyl adjacent to an activating group) is 1. The molecule has 6 heteroatoms. The average Bonchev–Trinajstić information content (AvgIpc) is 2.79. The van der Waals surface area contributed by atoms with Crippen LogP contribution in [0.5, 0.6) is 0 Å². The Morgan fingerprint density at radius 2 is 2.17 bits per heavy atom. The van der Waals surface area contributed by atoms with E-state index in [9.17, 15) is 8.42 Å². The van der Waals surface area contributed by atoms with E-state index in [1.807, 2.05) is 4.68 Å². The second-order valence-corrected chi connectivity index (χ2v) is 6.96. The van der Waals surface area contributed by atoms with Crippen LogP contribution in [0.3, 0.4) is 0 Å². The Bertz CT molecular complexity index is 493. The predicted octanol–water partition coefficient (Wildman–Crippen LogP) is 1.38. The number of hydrogen-bond donors (Lipinski definition) is 1. The van der Waals surface area contributed by atoms with Crippen molar-refractivity contribution in [3.63, 3.8) is 0 Å². The molecule has 1 aliphatic rings. The van der Waals surface area contributed by atoms with E-state index in [0.717, 1.165) is 19.4 Å². The molecule has 1 heterocycles.